The molecule has 2 aromatic heterocycles. The molecule has 1 N–H and O–H groups in total. The average Bonchev–Trinajstić information content (AvgIpc) is 3.26. The van der Waals surface area contributed by atoms with E-state index in [0.29, 0.717) is 23.1 Å². The minimum Gasteiger partial charge on any atom is -0.496 e. The van der Waals surface area contributed by atoms with Crippen LogP contribution in [0.2, 0.25) is 5.02 Å². The van der Waals surface area contributed by atoms with Gasteiger partial charge in [0.25, 0.3) is 0 Å². The molecule has 194 valence electrons. The summed E-state index contributed by atoms with van der Waals surface area (Å²) in [5.74, 6) is 1.21. The first-order chi connectivity index (χ1) is 17.2. The molecule has 0 aliphatic carbocycles. The van der Waals surface area contributed by atoms with Gasteiger partial charge in [-0.3, -0.25) is 4.90 Å². The molecule has 3 aromatic rings. The number of hydrogen-bond acceptors (Lipinski definition) is 7. The van der Waals surface area contributed by atoms with E-state index in [9.17, 15) is 4.79 Å². The van der Waals surface area contributed by atoms with Crippen molar-refractivity contribution >= 4 is 29.0 Å². The molecule has 1 saturated heterocycles. The number of carbonyl (C=O) groups excluding carboxylic acids is 1. The van der Waals surface area contributed by atoms with E-state index in [-0.39, 0.29) is 6.09 Å². The van der Waals surface area contributed by atoms with E-state index in [1.807, 2.05) is 43.6 Å². The number of methoxy groups -OCH3 is 2. The minimum atomic E-state index is -0.486. The topological polar surface area (TPSA) is 80.6 Å². The molecular weight excluding hydrogens is 482 g/mol. The maximum Gasteiger partial charge on any atom is 0.407 e. The van der Waals surface area contributed by atoms with Crippen molar-refractivity contribution in [1.82, 2.24) is 19.6 Å². The van der Waals surface area contributed by atoms with Gasteiger partial charge in [-0.05, 0) is 32.9 Å². The molecule has 1 amide bonds. The van der Waals surface area contributed by atoms with E-state index < -0.39 is 5.60 Å². The van der Waals surface area contributed by atoms with E-state index in [1.54, 1.807) is 20.3 Å². The first-order valence-electron chi connectivity index (χ1n) is 12.0. The minimum absolute atomic E-state index is 0.372. The van der Waals surface area contributed by atoms with E-state index in [4.69, 9.17) is 30.8 Å². The number of rotatable bonds is 7. The normalized spacial score (nSPS) is 14.7. The maximum absolute atomic E-state index is 11.8. The molecule has 0 saturated carbocycles. The molecule has 1 aliphatic rings. The number of benzene rings is 1. The highest BCUT2D eigenvalue weighted by Gasteiger charge is 2.20. The zero-order chi connectivity index (χ0) is 25.9. The molecule has 1 fully saturated rings. The Morgan fingerprint density at radius 1 is 1.08 bits per heavy atom. The molecule has 9 nitrogen and oxygen atoms in total. The number of hydrogen-bond donors (Lipinski definition) is 1. The van der Waals surface area contributed by atoms with Gasteiger partial charge >= 0.3 is 6.09 Å². The Labute approximate surface area is 216 Å². The van der Waals surface area contributed by atoms with Crippen molar-refractivity contribution in [2.45, 2.75) is 26.4 Å². The van der Waals surface area contributed by atoms with Crippen LogP contribution in [0.3, 0.4) is 0 Å². The van der Waals surface area contributed by atoms with Crippen molar-refractivity contribution < 1.29 is 19.0 Å². The van der Waals surface area contributed by atoms with E-state index >= 15 is 0 Å². The van der Waals surface area contributed by atoms with Gasteiger partial charge in [-0.25, -0.2) is 9.78 Å². The zero-order valence-corrected chi connectivity index (χ0v) is 22.3. The standard InChI is InChI=1S/C26H34ClN5O4/c1-26(2,3)36-25(33)28-7-9-30-10-12-31(13-11-30)18-6-8-32-17-21(29-24(32)14-18)19-15-20(27)23(35-5)16-22(19)34-4/h6,8,14-17H,7,9-13H2,1-5H3,(H,28,33). The predicted molar refractivity (Wildman–Crippen MR) is 142 cm³/mol. The molecule has 0 unspecified atom stereocenters. The Morgan fingerprint density at radius 2 is 1.81 bits per heavy atom. The Hall–Kier alpha value is -3.17. The second-order valence-corrected chi connectivity index (χ2v) is 10.1. The number of halogens is 1. The van der Waals surface area contributed by atoms with Crippen LogP contribution >= 0.6 is 11.6 Å². The van der Waals surface area contributed by atoms with Gasteiger partial charge in [0.1, 0.15) is 22.7 Å². The number of alkyl carbamates (subject to hydrolysis) is 1. The number of pyridine rings is 1. The second kappa shape index (κ2) is 10.8. The highest BCUT2D eigenvalue weighted by Crippen LogP contribution is 2.38. The number of imidazole rings is 1. The fraction of sp³-hybridized carbons (Fsp3) is 0.462. The summed E-state index contributed by atoms with van der Waals surface area (Å²) in [6.07, 6.45) is 3.62. The van der Waals surface area contributed by atoms with Crippen molar-refractivity contribution in [2.24, 2.45) is 0 Å². The summed E-state index contributed by atoms with van der Waals surface area (Å²) in [7, 11) is 3.20. The quantitative estimate of drug-likeness (QED) is 0.502. The number of carbonyl (C=O) groups is 1. The molecule has 0 atom stereocenters. The highest BCUT2D eigenvalue weighted by molar-refractivity contribution is 6.32. The van der Waals surface area contributed by atoms with Crippen LogP contribution in [0.4, 0.5) is 10.5 Å². The van der Waals surface area contributed by atoms with Crippen LogP contribution in [-0.2, 0) is 4.74 Å². The van der Waals surface area contributed by atoms with Gasteiger partial charge in [-0.15, -0.1) is 0 Å². The van der Waals surface area contributed by atoms with Gasteiger partial charge in [0.05, 0.1) is 24.9 Å². The lowest BCUT2D eigenvalue weighted by Crippen LogP contribution is -2.48. The number of fused-ring (bicyclic) bond motifs is 1. The molecule has 0 bridgehead atoms. The van der Waals surface area contributed by atoms with E-state index in [0.717, 1.165) is 55.3 Å². The van der Waals surface area contributed by atoms with Crippen LogP contribution in [-0.4, -0.2) is 79.5 Å². The Morgan fingerprint density at radius 3 is 2.47 bits per heavy atom. The zero-order valence-electron chi connectivity index (χ0n) is 21.5. The van der Waals surface area contributed by atoms with Gasteiger partial charge in [-0.2, -0.15) is 0 Å². The van der Waals surface area contributed by atoms with Gasteiger partial charge < -0.3 is 28.8 Å². The van der Waals surface area contributed by atoms with E-state index in [1.165, 1.54) is 0 Å². The molecule has 1 aliphatic heterocycles. The fourth-order valence-electron chi connectivity index (χ4n) is 4.22. The number of nitrogens with one attached hydrogen (secondary N) is 1. The van der Waals surface area contributed by atoms with E-state index in [2.05, 4.69) is 27.2 Å². The highest BCUT2D eigenvalue weighted by atomic mass is 35.5. The molecule has 36 heavy (non-hydrogen) atoms. The first-order valence-corrected chi connectivity index (χ1v) is 12.4. The summed E-state index contributed by atoms with van der Waals surface area (Å²) in [5.41, 5.74) is 3.07. The van der Waals surface area contributed by atoms with Crippen LogP contribution in [0, 0.1) is 0 Å². The van der Waals surface area contributed by atoms with Gasteiger partial charge in [0, 0.05) is 75.0 Å². The van der Waals surface area contributed by atoms with Crippen LogP contribution in [0.5, 0.6) is 11.5 Å². The second-order valence-electron chi connectivity index (χ2n) is 9.72. The van der Waals surface area contributed by atoms with Crippen molar-refractivity contribution in [3.05, 3.63) is 41.7 Å². The Balaban J connectivity index is 1.38. The molecule has 0 spiro atoms. The van der Waals surface area contributed by atoms with Crippen LogP contribution < -0.4 is 19.7 Å². The molecule has 4 rings (SSSR count). The number of piperazine rings is 1. The lowest BCUT2D eigenvalue weighted by molar-refractivity contribution is 0.0521. The van der Waals surface area contributed by atoms with Gasteiger partial charge in [-0.1, -0.05) is 11.6 Å². The third-order valence-corrected chi connectivity index (χ3v) is 6.32. The number of anilines is 1. The lowest BCUT2D eigenvalue weighted by Gasteiger charge is -2.36. The fourth-order valence-corrected chi connectivity index (χ4v) is 4.46. The third-order valence-electron chi connectivity index (χ3n) is 6.03. The first kappa shape index (κ1) is 25.9. The average molecular weight is 516 g/mol. The molecule has 10 heteroatoms. The van der Waals surface area contributed by atoms with Crippen molar-refractivity contribution in [3.8, 4) is 22.8 Å². The van der Waals surface area contributed by atoms with Crippen molar-refractivity contribution in [3.63, 3.8) is 0 Å². The smallest absolute Gasteiger partial charge is 0.407 e. The van der Waals surface area contributed by atoms with Crippen molar-refractivity contribution in [2.75, 3.05) is 58.4 Å². The van der Waals surface area contributed by atoms with Gasteiger partial charge in [0.15, 0.2) is 0 Å². The maximum atomic E-state index is 11.8. The molecular formula is C26H34ClN5O4. The van der Waals surface area contributed by atoms with Crippen molar-refractivity contribution in [1.29, 1.82) is 0 Å². The largest absolute Gasteiger partial charge is 0.496 e. The summed E-state index contributed by atoms with van der Waals surface area (Å²) in [4.78, 5) is 21.4. The number of amides is 1. The third kappa shape index (κ3) is 6.14. The monoisotopic (exact) mass is 515 g/mol. The van der Waals surface area contributed by atoms with Gasteiger partial charge in [0.2, 0.25) is 0 Å². The number of aromatic nitrogens is 2. The molecule has 3 heterocycles. The predicted octanol–water partition coefficient (Wildman–Crippen LogP) is 4.32. The number of nitrogens with zero attached hydrogens (tertiary/aromatic N) is 4. The SMILES string of the molecule is COc1cc(OC)c(-c2cn3ccc(N4CCN(CCNC(=O)OC(C)(C)C)CC4)cc3n2)cc1Cl. The van der Waals surface area contributed by atoms with Crippen LogP contribution in [0.25, 0.3) is 16.9 Å². The van der Waals surface area contributed by atoms with Crippen LogP contribution in [0.1, 0.15) is 20.8 Å². The Kier molecular flexibility index (Phi) is 7.80. The molecule has 0 radical (unpaired) electrons. The molecule has 1 aromatic carbocycles. The Bertz CT molecular complexity index is 1220. The van der Waals surface area contributed by atoms with Crippen LogP contribution in [0.15, 0.2) is 36.7 Å². The summed E-state index contributed by atoms with van der Waals surface area (Å²) in [6.45, 7) is 10.6. The lowest BCUT2D eigenvalue weighted by atomic mass is 10.1. The summed E-state index contributed by atoms with van der Waals surface area (Å²) < 4.78 is 18.1. The summed E-state index contributed by atoms with van der Waals surface area (Å²) in [5, 5.41) is 3.34. The summed E-state index contributed by atoms with van der Waals surface area (Å²) in [6, 6.07) is 7.80. The number of ether oxygens (including phenoxy) is 3. The summed E-state index contributed by atoms with van der Waals surface area (Å²) >= 11 is 6.37.